The number of likely N-dealkylation sites (N-methyl/N-ethyl adjacent to an activating group) is 1. The van der Waals surface area contributed by atoms with Gasteiger partial charge in [-0.2, -0.15) is 0 Å². The molecule has 1 aromatic heterocycles. The van der Waals surface area contributed by atoms with Gasteiger partial charge in [0.05, 0.1) is 16.8 Å². The first-order valence-electron chi connectivity index (χ1n) is 10.2. The number of carbonyl (C=O) groups is 1. The minimum Gasteiger partial charge on any atom is -0.494 e. The van der Waals surface area contributed by atoms with Gasteiger partial charge in [-0.15, -0.1) is 0 Å². The summed E-state index contributed by atoms with van der Waals surface area (Å²) in [6.07, 6.45) is 4.36. The van der Waals surface area contributed by atoms with Gasteiger partial charge in [0.1, 0.15) is 5.75 Å². The predicted octanol–water partition coefficient (Wildman–Crippen LogP) is 4.56. The van der Waals surface area contributed by atoms with Gasteiger partial charge in [0, 0.05) is 19.0 Å². The fraction of sp³-hybridized carbons (Fsp3) is 0.619. The molecular weight excluding hydrogens is 358 g/mol. The summed E-state index contributed by atoms with van der Waals surface area (Å²) in [4.78, 5) is 22.3. The van der Waals surface area contributed by atoms with Crippen molar-refractivity contribution in [1.29, 1.82) is 0 Å². The Hall–Kier alpha value is -1.66. The van der Waals surface area contributed by atoms with Gasteiger partial charge in [-0.05, 0) is 51.1 Å². The molecule has 0 spiro atoms. The number of fused-ring (bicyclic) bond motifs is 1. The molecule has 1 aliphatic carbocycles. The Balaban J connectivity index is 1.86. The van der Waals surface area contributed by atoms with Crippen LogP contribution in [0.3, 0.4) is 0 Å². The number of rotatable bonds is 9. The molecule has 2 aromatic rings. The smallest absolute Gasteiger partial charge is 0.231 e. The van der Waals surface area contributed by atoms with Crippen molar-refractivity contribution >= 4 is 32.6 Å². The van der Waals surface area contributed by atoms with Crippen molar-refractivity contribution in [2.24, 2.45) is 5.92 Å². The van der Waals surface area contributed by atoms with Crippen molar-refractivity contribution in [1.82, 2.24) is 9.88 Å². The standard InChI is InChI=1S/C21H31N3O2S/c1-4-23(5-2)13-14-24(20(25)16-9-7-8-10-16)21-22-18-12-11-17(26-6-3)15-19(18)27-21/h11-12,15-16H,4-10,13-14H2,1-3H3. The van der Waals surface area contributed by atoms with Gasteiger partial charge in [0.25, 0.3) is 0 Å². The van der Waals surface area contributed by atoms with E-state index in [9.17, 15) is 4.79 Å². The molecule has 1 saturated carbocycles. The van der Waals surface area contributed by atoms with E-state index < -0.39 is 0 Å². The molecule has 0 aliphatic heterocycles. The Morgan fingerprint density at radius 2 is 1.93 bits per heavy atom. The zero-order valence-electron chi connectivity index (χ0n) is 16.7. The SMILES string of the molecule is CCOc1ccc2nc(N(CCN(CC)CC)C(=O)C3CCCC3)sc2c1. The van der Waals surface area contributed by atoms with Gasteiger partial charge in [0.2, 0.25) is 5.91 Å². The van der Waals surface area contributed by atoms with Gasteiger partial charge in [-0.3, -0.25) is 9.69 Å². The minimum absolute atomic E-state index is 0.160. The highest BCUT2D eigenvalue weighted by Gasteiger charge is 2.29. The van der Waals surface area contributed by atoms with Crippen LogP contribution in [-0.4, -0.2) is 48.6 Å². The molecule has 1 fully saturated rings. The van der Waals surface area contributed by atoms with E-state index in [0.29, 0.717) is 13.2 Å². The minimum atomic E-state index is 0.160. The van der Waals surface area contributed by atoms with Crippen LogP contribution in [0.15, 0.2) is 18.2 Å². The number of benzene rings is 1. The average Bonchev–Trinajstić information content (AvgIpc) is 3.34. The summed E-state index contributed by atoms with van der Waals surface area (Å²) >= 11 is 1.59. The molecule has 3 rings (SSSR count). The molecule has 0 saturated heterocycles. The summed E-state index contributed by atoms with van der Waals surface area (Å²) < 4.78 is 6.68. The number of amides is 1. The summed E-state index contributed by atoms with van der Waals surface area (Å²) in [5.74, 6) is 1.27. The average molecular weight is 390 g/mol. The molecule has 1 aliphatic rings. The van der Waals surface area contributed by atoms with Crippen LogP contribution < -0.4 is 9.64 Å². The summed E-state index contributed by atoms with van der Waals surface area (Å²) in [5.41, 5.74) is 0.936. The predicted molar refractivity (Wildman–Crippen MR) is 113 cm³/mol. The number of anilines is 1. The van der Waals surface area contributed by atoms with Gasteiger partial charge in [0.15, 0.2) is 5.13 Å². The van der Waals surface area contributed by atoms with E-state index in [2.05, 4.69) is 18.7 Å². The normalized spacial score (nSPS) is 15.0. The maximum atomic E-state index is 13.2. The van der Waals surface area contributed by atoms with Crippen LogP contribution >= 0.6 is 11.3 Å². The highest BCUT2D eigenvalue weighted by molar-refractivity contribution is 7.22. The van der Waals surface area contributed by atoms with Crippen molar-refractivity contribution in [3.63, 3.8) is 0 Å². The van der Waals surface area contributed by atoms with Crippen LogP contribution in [0.1, 0.15) is 46.5 Å². The first kappa shape index (κ1) is 20.1. The molecule has 148 valence electrons. The van der Waals surface area contributed by atoms with Gasteiger partial charge >= 0.3 is 0 Å². The molecule has 6 heteroatoms. The lowest BCUT2D eigenvalue weighted by Crippen LogP contribution is -2.41. The van der Waals surface area contributed by atoms with E-state index in [1.54, 1.807) is 11.3 Å². The van der Waals surface area contributed by atoms with Gasteiger partial charge in [-0.1, -0.05) is 38.0 Å². The Bertz CT molecular complexity index is 751. The maximum Gasteiger partial charge on any atom is 0.231 e. The molecule has 1 aromatic carbocycles. The van der Waals surface area contributed by atoms with Crippen LogP contribution in [0.5, 0.6) is 5.75 Å². The van der Waals surface area contributed by atoms with Gasteiger partial charge < -0.3 is 9.64 Å². The lowest BCUT2D eigenvalue weighted by molar-refractivity contribution is -0.122. The number of ether oxygens (including phenoxy) is 1. The third kappa shape index (κ3) is 4.79. The second-order valence-corrected chi connectivity index (χ2v) is 8.07. The Morgan fingerprint density at radius 1 is 1.19 bits per heavy atom. The second-order valence-electron chi connectivity index (χ2n) is 7.06. The highest BCUT2D eigenvalue weighted by Crippen LogP contribution is 2.34. The first-order chi connectivity index (χ1) is 13.2. The molecule has 27 heavy (non-hydrogen) atoms. The largest absolute Gasteiger partial charge is 0.494 e. The quantitative estimate of drug-likeness (QED) is 0.631. The third-order valence-electron chi connectivity index (χ3n) is 5.40. The lowest BCUT2D eigenvalue weighted by atomic mass is 10.1. The first-order valence-corrected chi connectivity index (χ1v) is 11.0. The number of nitrogens with zero attached hydrogens (tertiary/aromatic N) is 3. The fourth-order valence-electron chi connectivity index (χ4n) is 3.74. The van der Waals surface area contributed by atoms with Crippen molar-refractivity contribution in [2.45, 2.75) is 46.5 Å². The van der Waals surface area contributed by atoms with E-state index >= 15 is 0 Å². The molecular formula is C21H31N3O2S. The van der Waals surface area contributed by atoms with Crippen LogP contribution in [0, 0.1) is 5.92 Å². The molecule has 0 bridgehead atoms. The van der Waals surface area contributed by atoms with Gasteiger partial charge in [-0.25, -0.2) is 4.98 Å². The van der Waals surface area contributed by atoms with Crippen molar-refractivity contribution in [2.75, 3.05) is 37.7 Å². The number of hydrogen-bond donors (Lipinski definition) is 0. The van der Waals surface area contributed by atoms with E-state index in [0.717, 1.165) is 66.4 Å². The molecule has 0 atom stereocenters. The van der Waals surface area contributed by atoms with Crippen LogP contribution in [-0.2, 0) is 4.79 Å². The number of carbonyl (C=O) groups excluding carboxylic acids is 1. The lowest BCUT2D eigenvalue weighted by Gasteiger charge is -2.26. The highest BCUT2D eigenvalue weighted by atomic mass is 32.1. The van der Waals surface area contributed by atoms with Crippen LogP contribution in [0.2, 0.25) is 0 Å². The van der Waals surface area contributed by atoms with E-state index in [1.807, 2.05) is 30.0 Å². The Labute approximate surface area is 166 Å². The van der Waals surface area contributed by atoms with E-state index in [-0.39, 0.29) is 11.8 Å². The Morgan fingerprint density at radius 3 is 2.59 bits per heavy atom. The molecule has 1 amide bonds. The fourth-order valence-corrected chi connectivity index (χ4v) is 4.76. The third-order valence-corrected chi connectivity index (χ3v) is 6.44. The summed E-state index contributed by atoms with van der Waals surface area (Å²) in [7, 11) is 0. The zero-order valence-corrected chi connectivity index (χ0v) is 17.6. The molecule has 1 heterocycles. The van der Waals surface area contributed by atoms with E-state index in [1.165, 1.54) is 0 Å². The summed E-state index contributed by atoms with van der Waals surface area (Å²) in [5, 5.41) is 0.822. The van der Waals surface area contributed by atoms with Crippen molar-refractivity contribution < 1.29 is 9.53 Å². The summed E-state index contributed by atoms with van der Waals surface area (Å²) in [6.45, 7) is 10.5. The van der Waals surface area contributed by atoms with E-state index in [4.69, 9.17) is 9.72 Å². The molecule has 0 unspecified atom stereocenters. The maximum absolute atomic E-state index is 13.2. The van der Waals surface area contributed by atoms with Crippen molar-refractivity contribution in [3.8, 4) is 5.75 Å². The topological polar surface area (TPSA) is 45.7 Å². The number of hydrogen-bond acceptors (Lipinski definition) is 5. The monoisotopic (exact) mass is 389 g/mol. The van der Waals surface area contributed by atoms with Crippen LogP contribution in [0.4, 0.5) is 5.13 Å². The number of thiazole rings is 1. The second kappa shape index (κ2) is 9.51. The molecule has 5 nitrogen and oxygen atoms in total. The molecule has 0 radical (unpaired) electrons. The number of aromatic nitrogens is 1. The zero-order chi connectivity index (χ0) is 19.2. The van der Waals surface area contributed by atoms with Crippen molar-refractivity contribution in [3.05, 3.63) is 18.2 Å². The molecule has 0 N–H and O–H groups in total. The Kier molecular flexibility index (Phi) is 7.07. The van der Waals surface area contributed by atoms with Crippen LogP contribution in [0.25, 0.3) is 10.2 Å². The summed E-state index contributed by atoms with van der Waals surface area (Å²) in [6, 6.07) is 5.97.